The molecule has 27 heavy (non-hydrogen) atoms. The summed E-state index contributed by atoms with van der Waals surface area (Å²) in [6, 6.07) is 0. The van der Waals surface area contributed by atoms with E-state index in [1.165, 1.54) is 51.4 Å². The van der Waals surface area contributed by atoms with Crippen LogP contribution in [0.2, 0.25) is 8.87 Å². The predicted octanol–water partition coefficient (Wildman–Crippen LogP) is 6.54. The average Bonchev–Trinajstić information content (AvgIpc) is 2.69. The third kappa shape index (κ3) is 38.0. The van der Waals surface area contributed by atoms with Crippen LogP contribution in [0.15, 0.2) is 0 Å². The maximum atomic E-state index is 10.8. The molecule has 3 heteroatoms. The molecule has 0 radical (unpaired) electrons. The zero-order valence-electron chi connectivity index (χ0n) is 19.8. The summed E-state index contributed by atoms with van der Waals surface area (Å²) in [5, 5.41) is 21.5. The van der Waals surface area contributed by atoms with Crippen LogP contribution in [0.25, 0.3) is 0 Å². The zero-order valence-corrected chi connectivity index (χ0v) is 22.6. The van der Waals surface area contributed by atoms with Gasteiger partial charge < -0.3 is 10.2 Å². The van der Waals surface area contributed by atoms with Crippen molar-refractivity contribution in [2.24, 2.45) is 0 Å². The standard InChI is InChI=1S/2C8H17O.2C4H9.Sn/c2*1-3-5-6-7-8(9)4-2;2*1-3-4-2;/h2*8H,3-7H2,1-2H3;2*1,3-4H2,2H3;/q2*-1;;;+2. The molecule has 0 aromatic rings. The van der Waals surface area contributed by atoms with E-state index in [0.717, 1.165) is 38.5 Å². The second-order valence-electron chi connectivity index (χ2n) is 7.51. The SMILES string of the molecule is CCCCCC([O-])CC.CCCCCC([O-])CC.CCC[CH2][Sn+2][CH2]CCC. The summed E-state index contributed by atoms with van der Waals surface area (Å²) in [5.41, 5.74) is 0. The van der Waals surface area contributed by atoms with E-state index in [9.17, 15) is 10.2 Å². The third-order valence-corrected chi connectivity index (χ3v) is 8.62. The van der Waals surface area contributed by atoms with Crippen LogP contribution in [0.1, 0.15) is 131 Å². The Labute approximate surface area is 183 Å². The summed E-state index contributed by atoms with van der Waals surface area (Å²) < 4.78 is 3.25. The van der Waals surface area contributed by atoms with Crippen molar-refractivity contribution in [1.82, 2.24) is 0 Å². The van der Waals surface area contributed by atoms with Gasteiger partial charge in [0.15, 0.2) is 0 Å². The fraction of sp³-hybridized carbons (Fsp3) is 1.00. The van der Waals surface area contributed by atoms with Crippen LogP contribution >= 0.6 is 0 Å². The molecule has 0 amide bonds. The fourth-order valence-corrected chi connectivity index (χ4v) is 6.54. The van der Waals surface area contributed by atoms with Crippen LogP contribution < -0.4 is 10.2 Å². The van der Waals surface area contributed by atoms with Crippen LogP contribution in [-0.2, 0) is 0 Å². The summed E-state index contributed by atoms with van der Waals surface area (Å²) in [6.45, 7) is 12.8. The molecule has 0 saturated heterocycles. The van der Waals surface area contributed by atoms with E-state index < -0.39 is 0 Å². The van der Waals surface area contributed by atoms with Crippen molar-refractivity contribution >= 4 is 21.1 Å². The van der Waals surface area contributed by atoms with Crippen molar-refractivity contribution < 1.29 is 10.2 Å². The third-order valence-electron chi connectivity index (χ3n) is 4.58. The molecular formula is C24H52O2Sn. The van der Waals surface area contributed by atoms with Crippen molar-refractivity contribution in [2.75, 3.05) is 0 Å². The average molecular weight is 491 g/mol. The molecular weight excluding hydrogens is 439 g/mol. The van der Waals surface area contributed by atoms with Gasteiger partial charge in [0.25, 0.3) is 0 Å². The summed E-state index contributed by atoms with van der Waals surface area (Å²) >= 11 is 0.149. The Kier molecular flexibility index (Phi) is 37.7. The van der Waals surface area contributed by atoms with Gasteiger partial charge in [-0.3, -0.25) is 0 Å². The normalized spacial score (nSPS) is 12.1. The Morgan fingerprint density at radius 2 is 0.852 bits per heavy atom. The Hall–Kier alpha value is 0.719. The second kappa shape index (κ2) is 31.4. The van der Waals surface area contributed by atoms with Gasteiger partial charge >= 0.3 is 69.5 Å². The molecule has 0 saturated carbocycles. The first kappa shape index (κ1) is 32.4. The molecule has 0 aromatic heterocycles. The molecule has 0 aliphatic heterocycles. The van der Waals surface area contributed by atoms with Gasteiger partial charge in [0.2, 0.25) is 0 Å². The number of unbranched alkanes of at least 4 members (excludes halogenated alkanes) is 6. The van der Waals surface area contributed by atoms with Crippen LogP contribution in [0.4, 0.5) is 0 Å². The van der Waals surface area contributed by atoms with Crippen molar-refractivity contribution in [2.45, 2.75) is 153 Å². The molecule has 164 valence electrons. The Bertz CT molecular complexity index is 202. The Morgan fingerprint density at radius 1 is 0.519 bits per heavy atom. The van der Waals surface area contributed by atoms with E-state index in [2.05, 4.69) is 27.7 Å². The van der Waals surface area contributed by atoms with Gasteiger partial charge in [-0.25, -0.2) is 0 Å². The molecule has 2 atom stereocenters. The number of hydrogen-bond acceptors (Lipinski definition) is 2. The van der Waals surface area contributed by atoms with Gasteiger partial charge in [-0.05, 0) is 0 Å². The van der Waals surface area contributed by atoms with Gasteiger partial charge in [-0.1, -0.05) is 91.9 Å². The van der Waals surface area contributed by atoms with E-state index in [1.807, 2.05) is 13.8 Å². The minimum absolute atomic E-state index is 0.149. The molecule has 0 aliphatic carbocycles. The van der Waals surface area contributed by atoms with E-state index in [4.69, 9.17) is 0 Å². The maximum absolute atomic E-state index is 10.8. The van der Waals surface area contributed by atoms with Gasteiger partial charge in [0, 0.05) is 0 Å². The topological polar surface area (TPSA) is 46.1 Å². The monoisotopic (exact) mass is 492 g/mol. The van der Waals surface area contributed by atoms with Gasteiger partial charge in [0.1, 0.15) is 0 Å². The minimum atomic E-state index is -0.295. The Morgan fingerprint density at radius 3 is 1.11 bits per heavy atom. The van der Waals surface area contributed by atoms with E-state index in [-0.39, 0.29) is 33.4 Å². The van der Waals surface area contributed by atoms with E-state index >= 15 is 0 Å². The van der Waals surface area contributed by atoms with Gasteiger partial charge in [0.05, 0.1) is 0 Å². The van der Waals surface area contributed by atoms with Crippen LogP contribution in [0.3, 0.4) is 0 Å². The zero-order chi connectivity index (χ0) is 21.2. The van der Waals surface area contributed by atoms with Gasteiger partial charge in [-0.2, -0.15) is 0 Å². The first-order chi connectivity index (χ1) is 13.0. The molecule has 2 unspecified atom stereocenters. The molecule has 0 heterocycles. The van der Waals surface area contributed by atoms with Crippen molar-refractivity contribution in [3.63, 3.8) is 0 Å². The summed E-state index contributed by atoms with van der Waals surface area (Å²) in [4.78, 5) is 0. The number of rotatable bonds is 16. The molecule has 0 rings (SSSR count). The van der Waals surface area contributed by atoms with Crippen LogP contribution in [0.5, 0.6) is 0 Å². The van der Waals surface area contributed by atoms with E-state index in [1.54, 1.807) is 8.87 Å². The molecule has 0 spiro atoms. The fourth-order valence-electron chi connectivity index (χ4n) is 2.38. The molecule has 0 fully saturated rings. The first-order valence-corrected chi connectivity index (χ1v) is 16.1. The van der Waals surface area contributed by atoms with Crippen molar-refractivity contribution in [3.05, 3.63) is 0 Å². The molecule has 0 N–H and O–H groups in total. The first-order valence-electron chi connectivity index (χ1n) is 12.1. The predicted molar refractivity (Wildman–Crippen MR) is 122 cm³/mol. The second-order valence-corrected chi connectivity index (χ2v) is 11.8. The van der Waals surface area contributed by atoms with Crippen molar-refractivity contribution in [3.8, 4) is 0 Å². The molecule has 0 bridgehead atoms. The molecule has 0 aromatic carbocycles. The van der Waals surface area contributed by atoms with E-state index in [0.29, 0.717) is 0 Å². The van der Waals surface area contributed by atoms with Crippen molar-refractivity contribution in [1.29, 1.82) is 0 Å². The van der Waals surface area contributed by atoms with Crippen LogP contribution in [0, 0.1) is 0 Å². The quantitative estimate of drug-likeness (QED) is 0.182. The summed E-state index contributed by atoms with van der Waals surface area (Å²) in [5.74, 6) is 0. The molecule has 2 nitrogen and oxygen atoms in total. The summed E-state index contributed by atoms with van der Waals surface area (Å²) in [7, 11) is 0. The van der Waals surface area contributed by atoms with Crippen LogP contribution in [-0.4, -0.2) is 33.4 Å². The molecule has 0 aliphatic rings. The van der Waals surface area contributed by atoms with Gasteiger partial charge in [-0.15, -0.1) is 12.2 Å². The summed E-state index contributed by atoms with van der Waals surface area (Å²) in [6.07, 6.45) is 15.7. The Balaban J connectivity index is -0.000000320. The number of hydrogen-bond donors (Lipinski definition) is 0.